The molecule has 0 aliphatic carbocycles. The van der Waals surface area contributed by atoms with E-state index < -0.39 is 18.0 Å². The van der Waals surface area contributed by atoms with Crippen molar-refractivity contribution in [3.05, 3.63) is 59.7 Å². The van der Waals surface area contributed by atoms with E-state index in [1.54, 1.807) is 48.5 Å². The number of hydrogen-bond acceptors (Lipinski definition) is 6. The number of ether oxygens (including phenoxy) is 2. The molecule has 25 heavy (non-hydrogen) atoms. The maximum Gasteiger partial charge on any atom is 0.308 e. The number of hydrazone groups is 1. The first kappa shape index (κ1) is 18.2. The molecule has 0 saturated carbocycles. The number of amides is 1. The van der Waals surface area contributed by atoms with Crippen molar-refractivity contribution < 1.29 is 24.2 Å². The molecule has 0 aliphatic heterocycles. The Labute approximate surface area is 144 Å². The van der Waals surface area contributed by atoms with Gasteiger partial charge < -0.3 is 14.6 Å². The normalized spacial score (nSPS) is 11.8. The minimum Gasteiger partial charge on any atom is -0.493 e. The topological polar surface area (TPSA) is 97.2 Å². The monoisotopic (exact) mass is 342 g/mol. The van der Waals surface area contributed by atoms with E-state index >= 15 is 0 Å². The molecular weight excluding hydrogens is 324 g/mol. The molecule has 130 valence electrons. The first-order chi connectivity index (χ1) is 12.0. The van der Waals surface area contributed by atoms with E-state index in [0.29, 0.717) is 16.9 Å². The maximum atomic E-state index is 11.9. The molecule has 1 atom stereocenters. The molecule has 2 N–H and O–H groups in total. The summed E-state index contributed by atoms with van der Waals surface area (Å²) in [5, 5.41) is 13.7. The van der Waals surface area contributed by atoms with Gasteiger partial charge in [-0.25, -0.2) is 5.43 Å². The standard InChI is InChI=1S/C18H18N2O5/c1-12(21)25-15-9-8-13(10-16(15)24-2)11-19-20-18(23)17(22)14-6-4-3-5-7-14/h3-11,17,22H,1-2H3,(H,20,23)/b19-11-/t17-/m1/s1. The molecule has 0 aromatic heterocycles. The molecule has 0 fully saturated rings. The Balaban J connectivity index is 2.02. The molecule has 0 spiro atoms. The van der Waals surface area contributed by atoms with Crippen molar-refractivity contribution in [1.29, 1.82) is 0 Å². The summed E-state index contributed by atoms with van der Waals surface area (Å²) < 4.78 is 10.1. The van der Waals surface area contributed by atoms with Crippen molar-refractivity contribution >= 4 is 18.1 Å². The van der Waals surface area contributed by atoms with Gasteiger partial charge in [0.25, 0.3) is 5.91 Å². The van der Waals surface area contributed by atoms with Crippen LogP contribution < -0.4 is 14.9 Å². The SMILES string of the molecule is COc1cc(/C=N\NC(=O)[C@H](O)c2ccccc2)ccc1OC(C)=O. The van der Waals surface area contributed by atoms with Crippen LogP contribution in [0, 0.1) is 0 Å². The van der Waals surface area contributed by atoms with Crippen LogP contribution in [0.25, 0.3) is 0 Å². The predicted molar refractivity (Wildman–Crippen MR) is 91.4 cm³/mol. The molecule has 0 saturated heterocycles. The highest BCUT2D eigenvalue weighted by Crippen LogP contribution is 2.27. The third-order valence-corrected chi connectivity index (χ3v) is 3.19. The molecule has 0 unspecified atom stereocenters. The van der Waals surface area contributed by atoms with Crippen molar-refractivity contribution in [3.63, 3.8) is 0 Å². The Bertz CT molecular complexity index is 774. The fourth-order valence-electron chi connectivity index (χ4n) is 2.02. The Morgan fingerprint density at radius 3 is 2.52 bits per heavy atom. The number of nitrogens with zero attached hydrogens (tertiary/aromatic N) is 1. The zero-order valence-electron chi connectivity index (χ0n) is 13.8. The summed E-state index contributed by atoms with van der Waals surface area (Å²) in [5.41, 5.74) is 3.36. The van der Waals surface area contributed by atoms with E-state index in [4.69, 9.17) is 9.47 Å². The van der Waals surface area contributed by atoms with Gasteiger partial charge in [0.05, 0.1) is 13.3 Å². The number of benzene rings is 2. The predicted octanol–water partition coefficient (Wildman–Crippen LogP) is 1.80. The van der Waals surface area contributed by atoms with Crippen LogP contribution in [0.1, 0.15) is 24.2 Å². The summed E-state index contributed by atoms with van der Waals surface area (Å²) >= 11 is 0. The number of aliphatic hydroxyl groups excluding tert-OH is 1. The second-order valence-corrected chi connectivity index (χ2v) is 5.05. The molecule has 2 rings (SSSR count). The molecule has 0 aliphatic rings. The first-order valence-corrected chi connectivity index (χ1v) is 7.43. The van der Waals surface area contributed by atoms with Crippen molar-refractivity contribution in [3.8, 4) is 11.5 Å². The highest BCUT2D eigenvalue weighted by molar-refractivity contribution is 5.85. The minimum atomic E-state index is -1.31. The Morgan fingerprint density at radius 1 is 1.16 bits per heavy atom. The molecule has 2 aromatic rings. The van der Waals surface area contributed by atoms with Gasteiger partial charge in [-0.3, -0.25) is 9.59 Å². The van der Waals surface area contributed by atoms with Crippen LogP contribution in [-0.2, 0) is 9.59 Å². The lowest BCUT2D eigenvalue weighted by molar-refractivity contribution is -0.132. The molecular formula is C18H18N2O5. The number of carbonyl (C=O) groups excluding carboxylic acids is 2. The smallest absolute Gasteiger partial charge is 0.308 e. The van der Waals surface area contributed by atoms with Crippen LogP contribution in [0.2, 0.25) is 0 Å². The van der Waals surface area contributed by atoms with Gasteiger partial charge in [0.15, 0.2) is 17.6 Å². The fraction of sp³-hybridized carbons (Fsp3) is 0.167. The quantitative estimate of drug-likeness (QED) is 0.361. The maximum absolute atomic E-state index is 11.9. The van der Waals surface area contributed by atoms with Crippen molar-refractivity contribution in [1.82, 2.24) is 5.43 Å². The summed E-state index contributed by atoms with van der Waals surface area (Å²) in [6.07, 6.45) is 0.0783. The van der Waals surface area contributed by atoms with Gasteiger partial charge in [0.2, 0.25) is 0 Å². The van der Waals surface area contributed by atoms with E-state index in [1.807, 2.05) is 0 Å². The van der Waals surface area contributed by atoms with Crippen LogP contribution in [0.5, 0.6) is 11.5 Å². The lowest BCUT2D eigenvalue weighted by Crippen LogP contribution is -2.25. The Hall–Kier alpha value is -3.19. The highest BCUT2D eigenvalue weighted by atomic mass is 16.6. The van der Waals surface area contributed by atoms with Gasteiger partial charge in [0.1, 0.15) is 0 Å². The average molecular weight is 342 g/mol. The number of carbonyl (C=O) groups is 2. The van der Waals surface area contributed by atoms with E-state index in [1.165, 1.54) is 20.2 Å². The molecule has 0 radical (unpaired) electrons. The fourth-order valence-corrected chi connectivity index (χ4v) is 2.02. The molecule has 7 heteroatoms. The second kappa shape index (κ2) is 8.60. The van der Waals surface area contributed by atoms with Crippen molar-refractivity contribution in [2.75, 3.05) is 7.11 Å². The summed E-state index contributed by atoms with van der Waals surface area (Å²) in [5.74, 6) is -0.460. The number of rotatable bonds is 6. The third kappa shape index (κ3) is 5.15. The van der Waals surface area contributed by atoms with Gasteiger partial charge in [-0.2, -0.15) is 5.10 Å². The molecule has 0 heterocycles. The summed E-state index contributed by atoms with van der Waals surface area (Å²) in [6.45, 7) is 1.29. The highest BCUT2D eigenvalue weighted by Gasteiger charge is 2.16. The Morgan fingerprint density at radius 2 is 1.88 bits per heavy atom. The second-order valence-electron chi connectivity index (χ2n) is 5.05. The number of methoxy groups -OCH3 is 1. The zero-order chi connectivity index (χ0) is 18.2. The van der Waals surface area contributed by atoms with Gasteiger partial charge in [-0.05, 0) is 29.3 Å². The number of esters is 1. The number of nitrogens with one attached hydrogen (secondary N) is 1. The molecule has 1 amide bonds. The van der Waals surface area contributed by atoms with Gasteiger partial charge in [-0.1, -0.05) is 30.3 Å². The summed E-state index contributed by atoms with van der Waals surface area (Å²) in [7, 11) is 1.45. The number of hydrogen-bond donors (Lipinski definition) is 2. The van der Waals surface area contributed by atoms with Crippen LogP contribution in [-0.4, -0.2) is 30.3 Å². The van der Waals surface area contributed by atoms with E-state index in [2.05, 4.69) is 10.5 Å². The lowest BCUT2D eigenvalue weighted by atomic mass is 10.1. The summed E-state index contributed by atoms with van der Waals surface area (Å²) in [4.78, 5) is 22.9. The lowest BCUT2D eigenvalue weighted by Gasteiger charge is -2.09. The molecule has 0 bridgehead atoms. The largest absolute Gasteiger partial charge is 0.493 e. The zero-order valence-corrected chi connectivity index (χ0v) is 13.8. The number of aliphatic hydroxyl groups is 1. The van der Waals surface area contributed by atoms with E-state index in [-0.39, 0.29) is 5.75 Å². The van der Waals surface area contributed by atoms with Crippen LogP contribution >= 0.6 is 0 Å². The van der Waals surface area contributed by atoms with Gasteiger partial charge in [-0.15, -0.1) is 0 Å². The van der Waals surface area contributed by atoms with Gasteiger partial charge in [0, 0.05) is 6.92 Å². The first-order valence-electron chi connectivity index (χ1n) is 7.43. The molecule has 2 aromatic carbocycles. The Kier molecular flexibility index (Phi) is 6.25. The summed E-state index contributed by atoms with van der Waals surface area (Å²) in [6, 6.07) is 13.3. The van der Waals surface area contributed by atoms with E-state index in [0.717, 1.165) is 0 Å². The van der Waals surface area contributed by atoms with Crippen molar-refractivity contribution in [2.45, 2.75) is 13.0 Å². The van der Waals surface area contributed by atoms with Crippen molar-refractivity contribution in [2.24, 2.45) is 5.10 Å². The van der Waals surface area contributed by atoms with E-state index in [9.17, 15) is 14.7 Å². The minimum absolute atomic E-state index is 0.288. The van der Waals surface area contributed by atoms with Crippen LogP contribution in [0.4, 0.5) is 0 Å². The molecule has 7 nitrogen and oxygen atoms in total. The van der Waals surface area contributed by atoms with Crippen LogP contribution in [0.15, 0.2) is 53.6 Å². The van der Waals surface area contributed by atoms with Crippen LogP contribution in [0.3, 0.4) is 0 Å². The third-order valence-electron chi connectivity index (χ3n) is 3.19. The van der Waals surface area contributed by atoms with Gasteiger partial charge >= 0.3 is 5.97 Å². The average Bonchev–Trinajstić information content (AvgIpc) is 2.62.